The van der Waals surface area contributed by atoms with Crippen molar-refractivity contribution in [2.75, 3.05) is 32.6 Å². The van der Waals surface area contributed by atoms with E-state index in [2.05, 4.69) is 33.8 Å². The van der Waals surface area contributed by atoms with Crippen molar-refractivity contribution in [1.82, 2.24) is 24.1 Å². The highest BCUT2D eigenvalue weighted by molar-refractivity contribution is 6.31. The number of nitrogens with zero attached hydrogens (tertiary/aromatic N) is 5. The zero-order valence-electron chi connectivity index (χ0n) is 20.7. The van der Waals surface area contributed by atoms with Crippen LogP contribution in [0.5, 0.6) is 0 Å². The molecule has 3 N–H and O–H groups in total. The maximum absolute atomic E-state index is 12.5. The molecular formula is C26H28ClN7O3. The van der Waals surface area contributed by atoms with Crippen LogP contribution < -0.4 is 11.1 Å². The highest BCUT2D eigenvalue weighted by Gasteiger charge is 2.38. The van der Waals surface area contributed by atoms with Gasteiger partial charge in [0.25, 0.3) is 5.91 Å². The van der Waals surface area contributed by atoms with Crippen LogP contribution in [0, 0.1) is 11.8 Å². The molecule has 192 valence electrons. The van der Waals surface area contributed by atoms with Crippen LogP contribution in [0.1, 0.15) is 58.5 Å². The second-order valence-electron chi connectivity index (χ2n) is 9.29. The number of primary amides is 1. The van der Waals surface area contributed by atoms with E-state index in [0.717, 1.165) is 23.9 Å². The van der Waals surface area contributed by atoms with Crippen molar-refractivity contribution in [2.45, 2.75) is 37.3 Å². The molecule has 2 aliphatic rings. The van der Waals surface area contributed by atoms with Gasteiger partial charge in [-0.2, -0.15) is 5.10 Å². The van der Waals surface area contributed by atoms with Gasteiger partial charge in [0.05, 0.1) is 35.4 Å². The number of carbonyl (C=O) groups excluding carboxylic acids is 2. The summed E-state index contributed by atoms with van der Waals surface area (Å²) < 4.78 is 8.88. The monoisotopic (exact) mass is 521 g/mol. The first-order chi connectivity index (χ1) is 17.9. The van der Waals surface area contributed by atoms with Gasteiger partial charge in [0.15, 0.2) is 5.69 Å². The SMILES string of the molecule is C=CC(=O)N1C[C@@H](n2nc(C#Cc3c(Cl)cc(C4CC4)c4cncn34)c(C(N)=O)c2NC)C[C@@H]1COC. The van der Waals surface area contributed by atoms with Gasteiger partial charge in [-0.05, 0) is 54.7 Å². The van der Waals surface area contributed by atoms with Crippen molar-refractivity contribution in [3.05, 3.63) is 58.8 Å². The Hall–Kier alpha value is -3.81. The predicted octanol–water partition coefficient (Wildman–Crippen LogP) is 2.58. The lowest BCUT2D eigenvalue weighted by atomic mass is 10.1. The maximum Gasteiger partial charge on any atom is 0.255 e. The number of halogens is 1. The average Bonchev–Trinajstić information content (AvgIpc) is 3.28. The van der Waals surface area contributed by atoms with Crippen LogP contribution in [-0.4, -0.2) is 69.2 Å². The molecule has 3 aromatic heterocycles. The smallest absolute Gasteiger partial charge is 0.255 e. The predicted molar refractivity (Wildman–Crippen MR) is 140 cm³/mol. The molecule has 37 heavy (non-hydrogen) atoms. The summed E-state index contributed by atoms with van der Waals surface area (Å²) in [5, 5.41) is 8.22. The Kier molecular flexibility index (Phi) is 6.67. The number of fused-ring (bicyclic) bond motifs is 1. The number of amides is 2. The summed E-state index contributed by atoms with van der Waals surface area (Å²) in [6.07, 6.45) is 7.63. The van der Waals surface area contributed by atoms with Gasteiger partial charge in [-0.25, -0.2) is 9.67 Å². The Bertz CT molecular complexity index is 1460. The number of nitrogens with one attached hydrogen (secondary N) is 1. The summed E-state index contributed by atoms with van der Waals surface area (Å²) in [6, 6.07) is 1.58. The van der Waals surface area contributed by atoms with Crippen molar-refractivity contribution >= 4 is 34.7 Å². The van der Waals surface area contributed by atoms with Crippen LogP contribution in [-0.2, 0) is 9.53 Å². The summed E-state index contributed by atoms with van der Waals surface area (Å²) in [7, 11) is 3.28. The van der Waals surface area contributed by atoms with E-state index in [-0.39, 0.29) is 29.2 Å². The van der Waals surface area contributed by atoms with E-state index in [9.17, 15) is 9.59 Å². The molecule has 0 spiro atoms. The summed E-state index contributed by atoms with van der Waals surface area (Å²) >= 11 is 6.64. The number of ether oxygens (including phenoxy) is 1. The first-order valence-corrected chi connectivity index (χ1v) is 12.4. The number of methoxy groups -OCH3 is 1. The fourth-order valence-electron chi connectivity index (χ4n) is 5.11. The normalized spacial score (nSPS) is 19.1. The van der Waals surface area contributed by atoms with Crippen molar-refractivity contribution in [3.8, 4) is 11.8 Å². The Balaban J connectivity index is 1.56. The van der Waals surface area contributed by atoms with Gasteiger partial charge < -0.3 is 20.7 Å². The lowest BCUT2D eigenvalue weighted by Gasteiger charge is -2.22. The number of aromatic nitrogens is 4. The molecule has 1 saturated heterocycles. The molecule has 1 aliphatic heterocycles. The van der Waals surface area contributed by atoms with E-state index >= 15 is 0 Å². The number of rotatable bonds is 7. The van der Waals surface area contributed by atoms with E-state index in [1.165, 1.54) is 6.08 Å². The minimum Gasteiger partial charge on any atom is -0.383 e. The van der Waals surface area contributed by atoms with E-state index in [0.29, 0.717) is 42.0 Å². The molecule has 11 heteroatoms. The number of likely N-dealkylation sites (tertiary alicyclic amines) is 1. The van der Waals surface area contributed by atoms with Gasteiger partial charge in [0.1, 0.15) is 23.4 Å². The molecule has 4 heterocycles. The number of hydrogen-bond acceptors (Lipinski definition) is 6. The average molecular weight is 522 g/mol. The highest BCUT2D eigenvalue weighted by Crippen LogP contribution is 2.43. The van der Waals surface area contributed by atoms with Crippen LogP contribution in [0.15, 0.2) is 31.2 Å². The molecule has 2 fully saturated rings. The van der Waals surface area contributed by atoms with E-state index in [1.54, 1.807) is 30.1 Å². The summed E-state index contributed by atoms with van der Waals surface area (Å²) in [5.41, 5.74) is 8.86. The van der Waals surface area contributed by atoms with Crippen LogP contribution in [0.2, 0.25) is 5.02 Å². The quantitative estimate of drug-likeness (QED) is 0.364. The largest absolute Gasteiger partial charge is 0.383 e. The van der Waals surface area contributed by atoms with E-state index < -0.39 is 5.91 Å². The third-order valence-electron chi connectivity index (χ3n) is 6.95. The molecule has 10 nitrogen and oxygen atoms in total. The van der Waals surface area contributed by atoms with Gasteiger partial charge in [0.2, 0.25) is 5.91 Å². The summed E-state index contributed by atoms with van der Waals surface area (Å²) in [5.74, 6) is 6.20. The highest BCUT2D eigenvalue weighted by atomic mass is 35.5. The maximum atomic E-state index is 12.5. The Morgan fingerprint density at radius 2 is 2.16 bits per heavy atom. The minimum absolute atomic E-state index is 0.153. The zero-order chi connectivity index (χ0) is 26.3. The van der Waals surface area contributed by atoms with Crippen molar-refractivity contribution < 1.29 is 14.3 Å². The number of anilines is 1. The van der Waals surface area contributed by atoms with Crippen molar-refractivity contribution in [3.63, 3.8) is 0 Å². The van der Waals surface area contributed by atoms with Crippen LogP contribution >= 0.6 is 11.6 Å². The topological polar surface area (TPSA) is 120 Å². The van der Waals surface area contributed by atoms with Gasteiger partial charge >= 0.3 is 0 Å². The third-order valence-corrected chi connectivity index (χ3v) is 7.24. The summed E-state index contributed by atoms with van der Waals surface area (Å²) in [4.78, 5) is 31.0. The molecule has 3 aromatic rings. The number of nitrogens with two attached hydrogens (primary N) is 1. The Morgan fingerprint density at radius 3 is 2.81 bits per heavy atom. The molecule has 2 atom stereocenters. The Morgan fingerprint density at radius 1 is 1.38 bits per heavy atom. The van der Waals surface area contributed by atoms with E-state index in [1.807, 2.05) is 16.7 Å². The number of imidazole rings is 1. The zero-order valence-corrected chi connectivity index (χ0v) is 21.5. The van der Waals surface area contributed by atoms with Gasteiger partial charge in [-0.3, -0.25) is 14.0 Å². The van der Waals surface area contributed by atoms with Gasteiger partial charge in [-0.15, -0.1) is 0 Å². The van der Waals surface area contributed by atoms with Gasteiger partial charge in [0, 0.05) is 20.7 Å². The van der Waals surface area contributed by atoms with Crippen LogP contribution in [0.3, 0.4) is 0 Å². The van der Waals surface area contributed by atoms with Crippen molar-refractivity contribution in [2.24, 2.45) is 5.73 Å². The minimum atomic E-state index is -0.659. The van der Waals surface area contributed by atoms with E-state index in [4.69, 9.17) is 22.1 Å². The molecule has 0 aromatic carbocycles. The van der Waals surface area contributed by atoms with Crippen molar-refractivity contribution in [1.29, 1.82) is 0 Å². The lowest BCUT2D eigenvalue weighted by molar-refractivity contribution is -0.127. The van der Waals surface area contributed by atoms with Crippen LogP contribution in [0.4, 0.5) is 5.82 Å². The second kappa shape index (κ2) is 9.92. The molecule has 0 bridgehead atoms. The molecule has 0 unspecified atom stereocenters. The Labute approximate surface area is 219 Å². The second-order valence-corrected chi connectivity index (χ2v) is 9.70. The van der Waals surface area contributed by atoms with Gasteiger partial charge in [-0.1, -0.05) is 18.2 Å². The molecule has 2 amide bonds. The number of pyridine rings is 1. The third kappa shape index (κ3) is 4.45. The lowest BCUT2D eigenvalue weighted by Crippen LogP contribution is -2.37. The fourth-order valence-corrected chi connectivity index (χ4v) is 5.36. The van der Waals surface area contributed by atoms with Crippen LogP contribution in [0.25, 0.3) is 5.52 Å². The first-order valence-electron chi connectivity index (χ1n) is 12.1. The molecule has 0 radical (unpaired) electrons. The standard InChI is InChI=1S/C26H28ClN7O3/c1-4-23(35)32-12-16(9-17(32)13-37-3)34-26(29-2)24(25(28)36)20(31-34)7-8-21-19(27)10-18(15-5-6-15)22-11-30-14-33(21)22/h4,10-11,14-17,29H,1,5-6,9,12-13H2,2-3H3,(H2,28,36)/t16-,17+/m0/s1. The summed E-state index contributed by atoms with van der Waals surface area (Å²) in [6.45, 7) is 4.36. The first kappa shape index (κ1) is 24.9. The fraction of sp³-hybridized carbons (Fsp3) is 0.385. The molecular weight excluding hydrogens is 494 g/mol. The number of hydrogen-bond donors (Lipinski definition) is 2. The molecule has 5 rings (SSSR count). The molecule has 1 saturated carbocycles. The number of carbonyl (C=O) groups is 2. The molecule has 1 aliphatic carbocycles.